The number of aliphatic hydroxyl groups is 1. The molecule has 4 heteroatoms. The van der Waals surface area contributed by atoms with Crippen molar-refractivity contribution >= 4 is 40.9 Å². The highest BCUT2D eigenvalue weighted by Gasteiger charge is 2.33. The van der Waals surface area contributed by atoms with Crippen molar-refractivity contribution < 1.29 is 5.11 Å². The molecule has 0 saturated carbocycles. The van der Waals surface area contributed by atoms with E-state index >= 15 is 0 Å². The summed E-state index contributed by atoms with van der Waals surface area (Å²) in [6.45, 7) is 3.75. The Morgan fingerprint density at radius 1 is 1.35 bits per heavy atom. The molecule has 0 aliphatic rings. The van der Waals surface area contributed by atoms with Crippen molar-refractivity contribution in [3.8, 4) is 0 Å². The Morgan fingerprint density at radius 2 is 1.88 bits per heavy atom. The lowest BCUT2D eigenvalue weighted by Gasteiger charge is -2.29. The van der Waals surface area contributed by atoms with Gasteiger partial charge in [0.1, 0.15) is 5.60 Å². The zero-order valence-electron chi connectivity index (χ0n) is 9.75. The second kappa shape index (κ2) is 6.10. The van der Waals surface area contributed by atoms with E-state index in [2.05, 4.69) is 0 Å². The quantitative estimate of drug-likeness (QED) is 0.808. The fraction of sp³-hybridized carbons (Fsp3) is 0.385. The van der Waals surface area contributed by atoms with E-state index in [-0.39, 0.29) is 11.8 Å². The molecule has 1 aromatic carbocycles. The van der Waals surface area contributed by atoms with Crippen LogP contribution in [0.1, 0.15) is 19.4 Å². The molecule has 1 N–H and O–H groups in total. The van der Waals surface area contributed by atoms with Gasteiger partial charge in [-0.3, -0.25) is 0 Å². The van der Waals surface area contributed by atoms with E-state index in [4.69, 9.17) is 34.8 Å². The monoisotopic (exact) mass is 292 g/mol. The van der Waals surface area contributed by atoms with Crippen LogP contribution in [0, 0.1) is 5.92 Å². The van der Waals surface area contributed by atoms with E-state index in [0.717, 1.165) is 5.56 Å². The van der Waals surface area contributed by atoms with Crippen LogP contribution in [0.15, 0.2) is 29.3 Å². The maximum absolute atomic E-state index is 10.3. The predicted molar refractivity (Wildman–Crippen MR) is 75.8 cm³/mol. The van der Waals surface area contributed by atoms with E-state index < -0.39 is 5.60 Å². The molecule has 0 heterocycles. The summed E-state index contributed by atoms with van der Waals surface area (Å²) >= 11 is 17.7. The molecule has 0 radical (unpaired) electrons. The van der Waals surface area contributed by atoms with Gasteiger partial charge in [0.15, 0.2) is 0 Å². The molecule has 17 heavy (non-hydrogen) atoms. The number of benzene rings is 1. The average molecular weight is 294 g/mol. The smallest absolute Gasteiger partial charge is 0.116 e. The third kappa shape index (κ3) is 3.62. The Labute approximate surface area is 117 Å². The lowest BCUT2D eigenvalue weighted by atomic mass is 9.91. The number of hydrogen-bond donors (Lipinski definition) is 1. The molecule has 0 aliphatic carbocycles. The Bertz CT molecular complexity index is 398. The minimum atomic E-state index is -1.19. The van der Waals surface area contributed by atoms with Crippen LogP contribution < -0.4 is 0 Å². The second-order valence-electron chi connectivity index (χ2n) is 4.26. The van der Waals surface area contributed by atoms with E-state index in [0.29, 0.717) is 10.1 Å². The average Bonchev–Trinajstić information content (AvgIpc) is 2.30. The van der Waals surface area contributed by atoms with Gasteiger partial charge in [0.05, 0.1) is 10.9 Å². The standard InChI is InChI=1S/C13H15Cl3O/c1-9(2)13(17,8-14)12(16)7-10-3-5-11(15)6-4-10/h3-7,9,17H,8H2,1-2H3/b12-7+. The van der Waals surface area contributed by atoms with Crippen molar-refractivity contribution in [1.82, 2.24) is 0 Å². The fourth-order valence-electron chi connectivity index (χ4n) is 1.32. The van der Waals surface area contributed by atoms with Gasteiger partial charge < -0.3 is 5.11 Å². The van der Waals surface area contributed by atoms with Crippen LogP contribution >= 0.6 is 34.8 Å². The lowest BCUT2D eigenvalue weighted by Crippen LogP contribution is -2.37. The van der Waals surface area contributed by atoms with Gasteiger partial charge in [0.2, 0.25) is 0 Å². The van der Waals surface area contributed by atoms with Gasteiger partial charge in [-0.25, -0.2) is 0 Å². The van der Waals surface area contributed by atoms with Crippen LogP contribution in [0.25, 0.3) is 6.08 Å². The summed E-state index contributed by atoms with van der Waals surface area (Å²) in [6.07, 6.45) is 1.71. The van der Waals surface area contributed by atoms with E-state index in [1.165, 1.54) is 0 Å². The summed E-state index contributed by atoms with van der Waals surface area (Å²) in [7, 11) is 0. The molecule has 1 atom stereocenters. The first-order valence-electron chi connectivity index (χ1n) is 5.31. The van der Waals surface area contributed by atoms with Crippen LogP contribution in [0.5, 0.6) is 0 Å². The van der Waals surface area contributed by atoms with E-state index in [9.17, 15) is 5.11 Å². The third-order valence-electron chi connectivity index (χ3n) is 2.74. The summed E-state index contributed by atoms with van der Waals surface area (Å²) in [5.74, 6) is 0.00387. The first kappa shape index (κ1) is 14.8. The third-order valence-corrected chi connectivity index (χ3v) is 3.83. The maximum Gasteiger partial charge on any atom is 0.116 e. The molecule has 0 aromatic heterocycles. The fourth-order valence-corrected chi connectivity index (χ4v) is 2.38. The zero-order valence-corrected chi connectivity index (χ0v) is 12.0. The van der Waals surface area contributed by atoms with Crippen LogP contribution in [0.4, 0.5) is 0 Å². The van der Waals surface area contributed by atoms with Crippen LogP contribution in [-0.2, 0) is 0 Å². The summed E-state index contributed by atoms with van der Waals surface area (Å²) in [6, 6.07) is 7.21. The summed E-state index contributed by atoms with van der Waals surface area (Å²) in [5, 5.41) is 11.3. The van der Waals surface area contributed by atoms with Crippen LogP contribution in [-0.4, -0.2) is 16.6 Å². The molecule has 1 rings (SSSR count). The second-order valence-corrected chi connectivity index (χ2v) is 5.37. The number of rotatable bonds is 4. The van der Waals surface area contributed by atoms with Gasteiger partial charge >= 0.3 is 0 Å². The number of alkyl halides is 1. The predicted octanol–water partition coefficient (Wildman–Crippen LogP) is 4.55. The van der Waals surface area contributed by atoms with E-state index in [1.807, 2.05) is 26.0 Å². The van der Waals surface area contributed by atoms with Crippen molar-refractivity contribution in [3.05, 3.63) is 39.9 Å². The highest BCUT2D eigenvalue weighted by Crippen LogP contribution is 2.31. The highest BCUT2D eigenvalue weighted by molar-refractivity contribution is 6.33. The Hall–Kier alpha value is -0.210. The van der Waals surface area contributed by atoms with Gasteiger partial charge in [-0.05, 0) is 29.7 Å². The number of halogens is 3. The molecule has 0 amide bonds. The van der Waals surface area contributed by atoms with Gasteiger partial charge in [-0.15, -0.1) is 11.6 Å². The molecule has 0 fully saturated rings. The Kier molecular flexibility index (Phi) is 5.33. The largest absolute Gasteiger partial charge is 0.383 e. The molecular weight excluding hydrogens is 279 g/mol. The van der Waals surface area contributed by atoms with Gasteiger partial charge in [-0.2, -0.15) is 0 Å². The van der Waals surface area contributed by atoms with Crippen molar-refractivity contribution in [2.75, 3.05) is 5.88 Å². The molecule has 1 aromatic rings. The zero-order chi connectivity index (χ0) is 13.1. The molecule has 1 unspecified atom stereocenters. The van der Waals surface area contributed by atoms with Crippen molar-refractivity contribution in [2.45, 2.75) is 19.4 Å². The first-order valence-corrected chi connectivity index (χ1v) is 6.60. The molecule has 0 bridgehead atoms. The maximum atomic E-state index is 10.3. The molecule has 1 nitrogen and oxygen atoms in total. The summed E-state index contributed by atoms with van der Waals surface area (Å²) in [5.41, 5.74) is -0.313. The number of hydrogen-bond acceptors (Lipinski definition) is 1. The van der Waals surface area contributed by atoms with Crippen molar-refractivity contribution in [3.63, 3.8) is 0 Å². The minimum Gasteiger partial charge on any atom is -0.383 e. The van der Waals surface area contributed by atoms with Crippen LogP contribution in [0.3, 0.4) is 0 Å². The van der Waals surface area contributed by atoms with Crippen molar-refractivity contribution in [1.29, 1.82) is 0 Å². The summed E-state index contributed by atoms with van der Waals surface area (Å²) in [4.78, 5) is 0. The highest BCUT2D eigenvalue weighted by atomic mass is 35.5. The van der Waals surface area contributed by atoms with Gasteiger partial charge in [0, 0.05) is 5.02 Å². The molecular formula is C13H15Cl3O. The molecule has 94 valence electrons. The topological polar surface area (TPSA) is 20.2 Å². The van der Waals surface area contributed by atoms with Crippen LogP contribution in [0.2, 0.25) is 5.02 Å². The molecule has 0 spiro atoms. The van der Waals surface area contributed by atoms with Crippen molar-refractivity contribution in [2.24, 2.45) is 5.92 Å². The SMILES string of the molecule is CC(C)C(O)(CCl)/C(Cl)=C\c1ccc(Cl)cc1. The first-order chi connectivity index (χ1) is 7.90. The normalized spacial score (nSPS) is 16.1. The molecule has 0 saturated heterocycles. The van der Waals surface area contributed by atoms with Gasteiger partial charge in [0.25, 0.3) is 0 Å². The van der Waals surface area contributed by atoms with Gasteiger partial charge in [-0.1, -0.05) is 49.2 Å². The van der Waals surface area contributed by atoms with E-state index in [1.54, 1.807) is 18.2 Å². The lowest BCUT2D eigenvalue weighted by molar-refractivity contribution is 0.0623. The minimum absolute atomic E-state index is 0.0592. The Morgan fingerprint density at radius 3 is 2.29 bits per heavy atom. The molecule has 0 aliphatic heterocycles. The summed E-state index contributed by atoms with van der Waals surface area (Å²) < 4.78 is 0. The Balaban J connectivity index is 3.02.